The zero-order valence-corrected chi connectivity index (χ0v) is 8.92. The maximum absolute atomic E-state index is 3.41. The standard InChI is InChI=1S/C13H19N/c1-2-11-3-5-12(6-4-11)13-7-9-14-10-8-13/h3-6,13-14H,2,7-10H2,1H3. The SMILES string of the molecule is CCc1ccc(C2CCNCC2)cc1. The van der Waals surface area contributed by atoms with Gasteiger partial charge in [-0.15, -0.1) is 0 Å². The molecule has 1 saturated heterocycles. The van der Waals surface area contributed by atoms with E-state index in [-0.39, 0.29) is 0 Å². The molecular weight excluding hydrogens is 170 g/mol. The summed E-state index contributed by atoms with van der Waals surface area (Å²) in [5.41, 5.74) is 2.98. The van der Waals surface area contributed by atoms with Gasteiger partial charge < -0.3 is 5.32 Å². The molecule has 0 amide bonds. The highest BCUT2D eigenvalue weighted by Gasteiger charge is 2.14. The molecule has 1 aliphatic heterocycles. The average Bonchev–Trinajstić information content (AvgIpc) is 2.30. The molecule has 1 fully saturated rings. The van der Waals surface area contributed by atoms with Crippen LogP contribution in [0.25, 0.3) is 0 Å². The van der Waals surface area contributed by atoms with Crippen molar-refractivity contribution in [2.24, 2.45) is 0 Å². The van der Waals surface area contributed by atoms with Crippen molar-refractivity contribution in [2.45, 2.75) is 32.1 Å². The van der Waals surface area contributed by atoms with Crippen LogP contribution >= 0.6 is 0 Å². The van der Waals surface area contributed by atoms with Crippen molar-refractivity contribution in [1.29, 1.82) is 0 Å². The third-order valence-corrected chi connectivity index (χ3v) is 3.20. The predicted molar refractivity (Wildman–Crippen MR) is 60.7 cm³/mol. The Balaban J connectivity index is 2.07. The lowest BCUT2D eigenvalue weighted by atomic mass is 9.90. The molecule has 76 valence electrons. The third kappa shape index (κ3) is 2.16. The van der Waals surface area contributed by atoms with Crippen molar-refractivity contribution in [3.8, 4) is 0 Å². The van der Waals surface area contributed by atoms with Crippen LogP contribution in [0.1, 0.15) is 36.8 Å². The molecule has 0 atom stereocenters. The maximum Gasteiger partial charge on any atom is -0.00431 e. The second-order valence-corrected chi connectivity index (χ2v) is 4.12. The van der Waals surface area contributed by atoms with Crippen molar-refractivity contribution >= 4 is 0 Å². The van der Waals surface area contributed by atoms with E-state index < -0.39 is 0 Å². The summed E-state index contributed by atoms with van der Waals surface area (Å²) in [4.78, 5) is 0. The molecule has 1 aliphatic rings. The minimum Gasteiger partial charge on any atom is -0.317 e. The quantitative estimate of drug-likeness (QED) is 0.754. The molecule has 0 aromatic heterocycles. The van der Waals surface area contributed by atoms with Gasteiger partial charge in [-0.1, -0.05) is 31.2 Å². The first-order valence-corrected chi connectivity index (χ1v) is 5.69. The molecule has 14 heavy (non-hydrogen) atoms. The predicted octanol–water partition coefficient (Wildman–Crippen LogP) is 2.72. The minimum atomic E-state index is 0.794. The van der Waals surface area contributed by atoms with E-state index in [4.69, 9.17) is 0 Å². The molecule has 1 aromatic rings. The van der Waals surface area contributed by atoms with Crippen LogP contribution in [0.2, 0.25) is 0 Å². The lowest BCUT2D eigenvalue weighted by molar-refractivity contribution is 0.460. The van der Waals surface area contributed by atoms with Crippen LogP contribution in [0.5, 0.6) is 0 Å². The Bertz CT molecular complexity index is 270. The van der Waals surface area contributed by atoms with Gasteiger partial charge in [-0.3, -0.25) is 0 Å². The Morgan fingerprint density at radius 3 is 2.36 bits per heavy atom. The Hall–Kier alpha value is -0.820. The lowest BCUT2D eigenvalue weighted by Gasteiger charge is -2.23. The molecule has 0 spiro atoms. The van der Waals surface area contributed by atoms with E-state index in [2.05, 4.69) is 36.5 Å². The van der Waals surface area contributed by atoms with E-state index in [0.717, 1.165) is 12.3 Å². The highest BCUT2D eigenvalue weighted by Crippen LogP contribution is 2.25. The van der Waals surface area contributed by atoms with E-state index in [0.29, 0.717) is 0 Å². The van der Waals surface area contributed by atoms with Gasteiger partial charge in [-0.25, -0.2) is 0 Å². The van der Waals surface area contributed by atoms with Crippen molar-refractivity contribution in [1.82, 2.24) is 5.32 Å². The molecule has 2 rings (SSSR count). The van der Waals surface area contributed by atoms with Crippen LogP contribution in [-0.2, 0) is 6.42 Å². The molecule has 1 heteroatoms. The second kappa shape index (κ2) is 4.61. The van der Waals surface area contributed by atoms with E-state index >= 15 is 0 Å². The fourth-order valence-electron chi connectivity index (χ4n) is 2.18. The van der Waals surface area contributed by atoms with Gasteiger partial charge in [-0.05, 0) is 49.4 Å². The summed E-state index contributed by atoms with van der Waals surface area (Å²) < 4.78 is 0. The van der Waals surface area contributed by atoms with Crippen LogP contribution in [0.3, 0.4) is 0 Å². The van der Waals surface area contributed by atoms with Gasteiger partial charge in [0.25, 0.3) is 0 Å². The van der Waals surface area contributed by atoms with Crippen molar-refractivity contribution in [2.75, 3.05) is 13.1 Å². The molecule has 1 nitrogen and oxygen atoms in total. The molecule has 0 bridgehead atoms. The molecule has 0 radical (unpaired) electrons. The summed E-state index contributed by atoms with van der Waals surface area (Å²) in [6, 6.07) is 9.18. The van der Waals surface area contributed by atoms with Gasteiger partial charge >= 0.3 is 0 Å². The Labute approximate surface area is 86.5 Å². The Morgan fingerprint density at radius 1 is 1.14 bits per heavy atom. The fourth-order valence-corrected chi connectivity index (χ4v) is 2.18. The number of rotatable bonds is 2. The zero-order valence-electron chi connectivity index (χ0n) is 8.92. The van der Waals surface area contributed by atoms with E-state index in [1.165, 1.54) is 37.1 Å². The van der Waals surface area contributed by atoms with E-state index in [1.54, 1.807) is 0 Å². The molecule has 0 unspecified atom stereocenters. The summed E-state index contributed by atoms with van der Waals surface area (Å²) >= 11 is 0. The smallest absolute Gasteiger partial charge is 0.00431 e. The highest BCUT2D eigenvalue weighted by molar-refractivity contribution is 5.25. The largest absolute Gasteiger partial charge is 0.317 e. The molecule has 0 aliphatic carbocycles. The molecular formula is C13H19N. The lowest BCUT2D eigenvalue weighted by Crippen LogP contribution is -2.26. The van der Waals surface area contributed by atoms with Crippen molar-refractivity contribution in [3.63, 3.8) is 0 Å². The number of aryl methyl sites for hydroxylation is 1. The third-order valence-electron chi connectivity index (χ3n) is 3.20. The summed E-state index contributed by atoms with van der Waals surface area (Å²) in [5, 5.41) is 3.41. The van der Waals surface area contributed by atoms with Crippen LogP contribution in [0.15, 0.2) is 24.3 Å². The molecule has 1 N–H and O–H groups in total. The van der Waals surface area contributed by atoms with Gasteiger partial charge in [-0.2, -0.15) is 0 Å². The van der Waals surface area contributed by atoms with Gasteiger partial charge in [0.1, 0.15) is 0 Å². The molecule has 1 aromatic carbocycles. The highest BCUT2D eigenvalue weighted by atomic mass is 14.9. The normalized spacial score (nSPS) is 18.4. The van der Waals surface area contributed by atoms with Crippen LogP contribution in [0.4, 0.5) is 0 Å². The zero-order chi connectivity index (χ0) is 9.80. The van der Waals surface area contributed by atoms with Crippen LogP contribution < -0.4 is 5.32 Å². The number of hydrogen-bond donors (Lipinski definition) is 1. The van der Waals surface area contributed by atoms with Crippen LogP contribution in [-0.4, -0.2) is 13.1 Å². The van der Waals surface area contributed by atoms with Crippen molar-refractivity contribution in [3.05, 3.63) is 35.4 Å². The van der Waals surface area contributed by atoms with Crippen LogP contribution in [0, 0.1) is 0 Å². The van der Waals surface area contributed by atoms with E-state index in [1.807, 2.05) is 0 Å². The summed E-state index contributed by atoms with van der Waals surface area (Å²) in [6.07, 6.45) is 3.74. The number of nitrogens with one attached hydrogen (secondary N) is 1. The topological polar surface area (TPSA) is 12.0 Å². The van der Waals surface area contributed by atoms with Crippen molar-refractivity contribution < 1.29 is 0 Å². The summed E-state index contributed by atoms with van der Waals surface area (Å²) in [5.74, 6) is 0.794. The monoisotopic (exact) mass is 189 g/mol. The number of hydrogen-bond acceptors (Lipinski definition) is 1. The van der Waals surface area contributed by atoms with Gasteiger partial charge in [0.15, 0.2) is 0 Å². The first-order valence-electron chi connectivity index (χ1n) is 5.69. The maximum atomic E-state index is 3.41. The number of benzene rings is 1. The second-order valence-electron chi connectivity index (χ2n) is 4.12. The summed E-state index contributed by atoms with van der Waals surface area (Å²) in [6.45, 7) is 4.57. The molecule has 0 saturated carbocycles. The number of piperidine rings is 1. The van der Waals surface area contributed by atoms with Gasteiger partial charge in [0.2, 0.25) is 0 Å². The Kier molecular flexibility index (Phi) is 3.20. The first kappa shape index (κ1) is 9.72. The Morgan fingerprint density at radius 2 is 1.79 bits per heavy atom. The first-order chi connectivity index (χ1) is 6.90. The average molecular weight is 189 g/mol. The van der Waals surface area contributed by atoms with Gasteiger partial charge in [0.05, 0.1) is 0 Å². The van der Waals surface area contributed by atoms with E-state index in [9.17, 15) is 0 Å². The minimum absolute atomic E-state index is 0.794. The summed E-state index contributed by atoms with van der Waals surface area (Å²) in [7, 11) is 0. The van der Waals surface area contributed by atoms with Gasteiger partial charge in [0, 0.05) is 0 Å². The molecule has 1 heterocycles. The fraction of sp³-hybridized carbons (Fsp3) is 0.538.